The van der Waals surface area contributed by atoms with Crippen LogP contribution in [-0.2, 0) is 17.8 Å². The fraction of sp³-hybridized carbons (Fsp3) is 0.577. The van der Waals surface area contributed by atoms with E-state index in [1.165, 1.54) is 18.4 Å². The van der Waals surface area contributed by atoms with Crippen LogP contribution in [-0.4, -0.2) is 41.9 Å². The van der Waals surface area contributed by atoms with Crippen molar-refractivity contribution in [3.8, 4) is 0 Å². The normalized spacial score (nSPS) is 19.3. The maximum Gasteiger partial charge on any atom is 0.222 e. The van der Waals surface area contributed by atoms with Crippen LogP contribution in [0, 0.1) is 18.8 Å². The Morgan fingerprint density at radius 1 is 0.933 bits per heavy atom. The summed E-state index contributed by atoms with van der Waals surface area (Å²) >= 11 is 0. The molecule has 0 atom stereocenters. The van der Waals surface area contributed by atoms with Gasteiger partial charge in [-0.05, 0) is 88.1 Å². The van der Waals surface area contributed by atoms with Crippen molar-refractivity contribution in [2.75, 3.05) is 26.2 Å². The number of hydrogen-bond acceptors (Lipinski definition) is 3. The Kier molecular flexibility index (Phi) is 7.27. The average molecular weight is 409 g/mol. The van der Waals surface area contributed by atoms with E-state index in [9.17, 15) is 4.79 Å². The van der Waals surface area contributed by atoms with Crippen LogP contribution in [0.3, 0.4) is 0 Å². The lowest BCUT2D eigenvalue weighted by atomic mass is 9.89. The molecule has 0 bridgehead atoms. The fourth-order valence-corrected chi connectivity index (χ4v) is 5.04. The molecule has 0 aliphatic carbocycles. The second-order valence-electron chi connectivity index (χ2n) is 9.28. The Bertz CT molecular complexity index is 784. The number of rotatable bonds is 7. The zero-order chi connectivity index (χ0) is 20.8. The number of benzene rings is 1. The van der Waals surface area contributed by atoms with Crippen LogP contribution >= 0.6 is 0 Å². The lowest BCUT2D eigenvalue weighted by molar-refractivity contribution is -0.133. The third-order valence-corrected chi connectivity index (χ3v) is 6.98. The van der Waals surface area contributed by atoms with Crippen LogP contribution in [0.4, 0.5) is 0 Å². The van der Waals surface area contributed by atoms with Gasteiger partial charge in [-0.25, -0.2) is 0 Å². The largest absolute Gasteiger partial charge is 0.465 e. The lowest BCUT2D eigenvalue weighted by Crippen LogP contribution is -2.39. The molecule has 0 spiro atoms. The second kappa shape index (κ2) is 10.3. The third-order valence-electron chi connectivity index (χ3n) is 6.98. The number of carbonyl (C=O) groups excluding carboxylic acids is 1. The second-order valence-corrected chi connectivity index (χ2v) is 9.28. The highest BCUT2D eigenvalue weighted by Crippen LogP contribution is 2.26. The number of hydrogen-bond donors (Lipinski definition) is 0. The zero-order valence-electron chi connectivity index (χ0n) is 18.4. The Morgan fingerprint density at radius 2 is 1.63 bits per heavy atom. The quantitative estimate of drug-likeness (QED) is 0.642. The van der Waals surface area contributed by atoms with Gasteiger partial charge in [0.1, 0.15) is 11.5 Å². The minimum atomic E-state index is 0.377. The van der Waals surface area contributed by atoms with Crippen LogP contribution in [0.15, 0.2) is 46.9 Å². The van der Waals surface area contributed by atoms with Gasteiger partial charge in [-0.15, -0.1) is 0 Å². The first kappa shape index (κ1) is 21.2. The van der Waals surface area contributed by atoms with E-state index in [0.717, 1.165) is 82.3 Å². The topological polar surface area (TPSA) is 36.7 Å². The van der Waals surface area contributed by atoms with Gasteiger partial charge >= 0.3 is 0 Å². The van der Waals surface area contributed by atoms with Crippen molar-refractivity contribution < 1.29 is 9.21 Å². The predicted octanol–water partition coefficient (Wildman–Crippen LogP) is 5.06. The lowest BCUT2D eigenvalue weighted by Gasteiger charge is -2.34. The van der Waals surface area contributed by atoms with E-state index in [2.05, 4.69) is 46.2 Å². The van der Waals surface area contributed by atoms with Crippen LogP contribution in [0.1, 0.15) is 55.6 Å². The van der Waals surface area contributed by atoms with Gasteiger partial charge in [0, 0.05) is 19.5 Å². The number of likely N-dealkylation sites (tertiary alicyclic amines) is 2. The zero-order valence-corrected chi connectivity index (χ0v) is 18.4. The number of furan rings is 1. The van der Waals surface area contributed by atoms with E-state index in [1.54, 1.807) is 0 Å². The van der Waals surface area contributed by atoms with E-state index in [-0.39, 0.29) is 0 Å². The summed E-state index contributed by atoms with van der Waals surface area (Å²) in [6, 6.07) is 14.9. The van der Waals surface area contributed by atoms with Crippen molar-refractivity contribution in [2.45, 2.75) is 58.4 Å². The Morgan fingerprint density at radius 3 is 2.30 bits per heavy atom. The molecular formula is C26H36N2O2. The molecule has 0 saturated carbocycles. The number of amides is 1. The summed E-state index contributed by atoms with van der Waals surface area (Å²) in [4.78, 5) is 17.3. The summed E-state index contributed by atoms with van der Waals surface area (Å²) < 4.78 is 5.71. The van der Waals surface area contributed by atoms with Crippen molar-refractivity contribution >= 4 is 5.91 Å². The van der Waals surface area contributed by atoms with Crippen molar-refractivity contribution in [3.63, 3.8) is 0 Å². The molecule has 1 aromatic carbocycles. The molecule has 2 fully saturated rings. The number of aryl methyl sites for hydroxylation is 1. The predicted molar refractivity (Wildman–Crippen MR) is 120 cm³/mol. The van der Waals surface area contributed by atoms with Gasteiger partial charge < -0.3 is 9.32 Å². The highest BCUT2D eigenvalue weighted by Gasteiger charge is 2.25. The molecule has 2 aliphatic rings. The van der Waals surface area contributed by atoms with Gasteiger partial charge in [-0.3, -0.25) is 9.69 Å². The molecule has 4 nitrogen and oxygen atoms in total. The highest BCUT2D eigenvalue weighted by molar-refractivity contribution is 5.76. The van der Waals surface area contributed by atoms with Crippen LogP contribution in [0.25, 0.3) is 0 Å². The molecule has 1 aromatic heterocycles. The SMILES string of the molecule is Cc1ccc(CN2CCC(CCC(=O)N3CCC(Cc4ccccc4)CC3)CC2)o1. The maximum atomic E-state index is 12.7. The van der Waals surface area contributed by atoms with Gasteiger partial charge in [-0.2, -0.15) is 0 Å². The average Bonchev–Trinajstić information content (AvgIpc) is 3.19. The highest BCUT2D eigenvalue weighted by atomic mass is 16.3. The number of nitrogens with zero attached hydrogens (tertiary/aromatic N) is 2. The van der Waals surface area contributed by atoms with Crippen LogP contribution in [0.5, 0.6) is 0 Å². The fourth-order valence-electron chi connectivity index (χ4n) is 5.04. The molecule has 2 aromatic rings. The molecule has 3 heterocycles. The van der Waals surface area contributed by atoms with Crippen molar-refractivity contribution in [1.29, 1.82) is 0 Å². The Labute approximate surface area is 181 Å². The molecular weight excluding hydrogens is 372 g/mol. The first-order chi connectivity index (χ1) is 14.7. The molecule has 0 radical (unpaired) electrons. The monoisotopic (exact) mass is 408 g/mol. The molecule has 0 unspecified atom stereocenters. The van der Waals surface area contributed by atoms with E-state index in [4.69, 9.17) is 4.42 Å². The Hall–Kier alpha value is -2.07. The molecule has 2 aliphatic heterocycles. The van der Waals surface area contributed by atoms with E-state index >= 15 is 0 Å². The first-order valence-corrected chi connectivity index (χ1v) is 11.7. The minimum absolute atomic E-state index is 0.377. The molecule has 0 N–H and O–H groups in total. The summed E-state index contributed by atoms with van der Waals surface area (Å²) in [7, 11) is 0. The summed E-state index contributed by atoms with van der Waals surface area (Å²) in [6.45, 7) is 7.03. The summed E-state index contributed by atoms with van der Waals surface area (Å²) in [6.07, 6.45) is 7.62. The van der Waals surface area contributed by atoms with Crippen LogP contribution in [0.2, 0.25) is 0 Å². The maximum absolute atomic E-state index is 12.7. The van der Waals surface area contributed by atoms with E-state index < -0.39 is 0 Å². The van der Waals surface area contributed by atoms with Crippen LogP contribution < -0.4 is 0 Å². The van der Waals surface area contributed by atoms with Gasteiger partial charge in [0.2, 0.25) is 5.91 Å². The van der Waals surface area contributed by atoms with E-state index in [1.807, 2.05) is 13.0 Å². The summed E-state index contributed by atoms with van der Waals surface area (Å²) in [5.41, 5.74) is 1.43. The van der Waals surface area contributed by atoms with Gasteiger partial charge in [0.05, 0.1) is 6.54 Å². The van der Waals surface area contributed by atoms with Gasteiger partial charge in [0.25, 0.3) is 0 Å². The molecule has 2 saturated heterocycles. The van der Waals surface area contributed by atoms with Crippen molar-refractivity contribution in [1.82, 2.24) is 9.80 Å². The Balaban J connectivity index is 1.12. The van der Waals surface area contributed by atoms with Gasteiger partial charge in [0.15, 0.2) is 0 Å². The molecule has 4 rings (SSSR count). The standard InChI is InChI=1S/C26H36N2O2/c1-21-7-9-25(30-21)20-27-15-11-22(12-16-27)8-10-26(29)28-17-13-24(14-18-28)19-23-5-3-2-4-6-23/h2-7,9,22,24H,8,10-20H2,1H3. The number of piperidine rings is 2. The first-order valence-electron chi connectivity index (χ1n) is 11.7. The molecule has 30 heavy (non-hydrogen) atoms. The minimum Gasteiger partial charge on any atom is -0.465 e. The molecule has 162 valence electrons. The van der Waals surface area contributed by atoms with Crippen molar-refractivity contribution in [3.05, 3.63) is 59.5 Å². The van der Waals surface area contributed by atoms with E-state index in [0.29, 0.717) is 11.8 Å². The summed E-state index contributed by atoms with van der Waals surface area (Å²) in [5, 5.41) is 0. The van der Waals surface area contributed by atoms with Crippen molar-refractivity contribution in [2.24, 2.45) is 11.8 Å². The van der Waals surface area contributed by atoms with Gasteiger partial charge in [-0.1, -0.05) is 30.3 Å². The third kappa shape index (κ3) is 5.98. The smallest absolute Gasteiger partial charge is 0.222 e. The number of carbonyl (C=O) groups is 1. The molecule has 4 heteroatoms. The molecule has 1 amide bonds. The summed E-state index contributed by atoms with van der Waals surface area (Å²) in [5.74, 6) is 3.85.